The minimum Gasteiger partial charge on any atom is -0.508 e. The molecule has 0 unspecified atom stereocenters. The normalized spacial score (nSPS) is 11.9. The van der Waals surface area contributed by atoms with Gasteiger partial charge in [0.2, 0.25) is 0 Å². The van der Waals surface area contributed by atoms with Crippen LogP contribution in [0.25, 0.3) is 0 Å². The number of carbonyl (C=O) groups is 1. The molecule has 0 aliphatic heterocycles. The third kappa shape index (κ3) is 3.79. The first-order valence-electron chi connectivity index (χ1n) is 9.36. The van der Waals surface area contributed by atoms with Crippen molar-refractivity contribution in [1.82, 2.24) is 0 Å². The molecular formula is C25H26O3. The molecule has 3 aromatic rings. The molecule has 28 heavy (non-hydrogen) atoms. The number of hydrogen-bond donors (Lipinski definition) is 1. The van der Waals surface area contributed by atoms with E-state index >= 15 is 0 Å². The van der Waals surface area contributed by atoms with Gasteiger partial charge in [-0.2, -0.15) is 0 Å². The maximum Gasteiger partial charge on any atom is 0.298 e. The summed E-state index contributed by atoms with van der Waals surface area (Å²) in [7, 11) is 0. The lowest BCUT2D eigenvalue weighted by Gasteiger charge is -2.31. The molecule has 0 aliphatic rings. The SMILES string of the molecule is CC(C)(c1ccc(O)cc1)c1cccc(C(C)(C)c2ccc(OC=O)cc2)c1. The van der Waals surface area contributed by atoms with Gasteiger partial charge in [0.1, 0.15) is 11.5 Å². The number of phenols is 1. The maximum atomic E-state index is 10.5. The van der Waals surface area contributed by atoms with E-state index in [0.717, 1.165) is 11.1 Å². The van der Waals surface area contributed by atoms with E-state index in [2.05, 4.69) is 52.0 Å². The molecule has 3 heteroatoms. The molecule has 3 nitrogen and oxygen atoms in total. The molecule has 0 saturated heterocycles. The van der Waals surface area contributed by atoms with Gasteiger partial charge in [-0.05, 0) is 46.5 Å². The number of carbonyl (C=O) groups excluding carboxylic acids is 1. The molecule has 0 bridgehead atoms. The molecule has 0 fully saturated rings. The molecule has 0 amide bonds. The minimum absolute atomic E-state index is 0.193. The zero-order valence-corrected chi connectivity index (χ0v) is 16.8. The highest BCUT2D eigenvalue weighted by atomic mass is 16.5. The van der Waals surface area contributed by atoms with E-state index in [0.29, 0.717) is 12.2 Å². The van der Waals surface area contributed by atoms with Gasteiger partial charge in [0.15, 0.2) is 0 Å². The van der Waals surface area contributed by atoms with Crippen molar-refractivity contribution in [1.29, 1.82) is 0 Å². The average Bonchev–Trinajstić information content (AvgIpc) is 2.69. The van der Waals surface area contributed by atoms with Gasteiger partial charge in [-0.15, -0.1) is 0 Å². The summed E-state index contributed by atoms with van der Waals surface area (Å²) in [5.41, 5.74) is 4.31. The van der Waals surface area contributed by atoms with Crippen LogP contribution < -0.4 is 4.74 Å². The molecule has 144 valence electrons. The average molecular weight is 374 g/mol. The quantitative estimate of drug-likeness (QED) is 0.573. The second-order valence-electron chi connectivity index (χ2n) is 8.12. The summed E-state index contributed by atoms with van der Waals surface area (Å²) in [5, 5.41) is 9.59. The van der Waals surface area contributed by atoms with Gasteiger partial charge in [-0.1, -0.05) is 76.2 Å². The molecule has 3 rings (SSSR count). The summed E-state index contributed by atoms with van der Waals surface area (Å²) in [6.45, 7) is 9.20. The van der Waals surface area contributed by atoms with Crippen molar-refractivity contribution in [3.05, 3.63) is 95.1 Å². The van der Waals surface area contributed by atoms with E-state index in [-0.39, 0.29) is 16.6 Å². The molecule has 0 spiro atoms. The number of rotatable bonds is 6. The van der Waals surface area contributed by atoms with E-state index in [4.69, 9.17) is 4.74 Å². The smallest absolute Gasteiger partial charge is 0.298 e. The lowest BCUT2D eigenvalue weighted by molar-refractivity contribution is -0.120. The number of benzene rings is 3. The topological polar surface area (TPSA) is 46.5 Å². The van der Waals surface area contributed by atoms with Gasteiger partial charge in [-0.25, -0.2) is 0 Å². The summed E-state index contributed by atoms with van der Waals surface area (Å²) >= 11 is 0. The summed E-state index contributed by atoms with van der Waals surface area (Å²) in [4.78, 5) is 10.5. The van der Waals surface area contributed by atoms with Crippen molar-refractivity contribution in [3.8, 4) is 11.5 Å². The maximum absolute atomic E-state index is 10.5. The van der Waals surface area contributed by atoms with Crippen LogP contribution in [0, 0.1) is 0 Å². The molecule has 0 radical (unpaired) electrons. The number of ether oxygens (including phenoxy) is 1. The monoisotopic (exact) mass is 374 g/mol. The third-order valence-electron chi connectivity index (χ3n) is 5.66. The van der Waals surface area contributed by atoms with E-state index in [9.17, 15) is 9.90 Å². The van der Waals surface area contributed by atoms with Crippen molar-refractivity contribution in [2.45, 2.75) is 38.5 Å². The Kier molecular flexibility index (Phi) is 5.28. The molecule has 0 heterocycles. The van der Waals surface area contributed by atoms with Crippen molar-refractivity contribution in [2.24, 2.45) is 0 Å². The second-order valence-corrected chi connectivity index (χ2v) is 8.12. The van der Waals surface area contributed by atoms with Gasteiger partial charge in [0.25, 0.3) is 6.47 Å². The van der Waals surface area contributed by atoms with Gasteiger partial charge in [0, 0.05) is 10.8 Å². The van der Waals surface area contributed by atoms with Crippen LogP contribution in [0.3, 0.4) is 0 Å². The fourth-order valence-electron chi connectivity index (χ4n) is 3.51. The Bertz CT molecular complexity index is 952. The Balaban J connectivity index is 1.97. The zero-order valence-electron chi connectivity index (χ0n) is 16.8. The van der Waals surface area contributed by atoms with E-state index in [1.807, 2.05) is 36.4 Å². The van der Waals surface area contributed by atoms with Gasteiger partial charge < -0.3 is 9.84 Å². The van der Waals surface area contributed by atoms with Gasteiger partial charge in [-0.3, -0.25) is 4.79 Å². The predicted molar refractivity (Wildman–Crippen MR) is 112 cm³/mol. The highest BCUT2D eigenvalue weighted by Crippen LogP contribution is 2.37. The third-order valence-corrected chi connectivity index (χ3v) is 5.66. The lowest BCUT2D eigenvalue weighted by atomic mass is 9.73. The Morgan fingerprint density at radius 3 is 1.64 bits per heavy atom. The Morgan fingerprint density at radius 2 is 1.18 bits per heavy atom. The van der Waals surface area contributed by atoms with Crippen LogP contribution in [0.2, 0.25) is 0 Å². The molecule has 0 aromatic heterocycles. The fourth-order valence-corrected chi connectivity index (χ4v) is 3.51. The predicted octanol–water partition coefficient (Wildman–Crippen LogP) is 5.58. The zero-order chi connectivity index (χ0) is 20.4. The van der Waals surface area contributed by atoms with Gasteiger partial charge >= 0.3 is 0 Å². The molecule has 1 N–H and O–H groups in total. The highest BCUT2D eigenvalue weighted by molar-refractivity contribution is 5.48. The fraction of sp³-hybridized carbons (Fsp3) is 0.240. The molecule has 3 aromatic carbocycles. The van der Waals surface area contributed by atoms with E-state index in [1.165, 1.54) is 11.1 Å². The Morgan fingerprint density at radius 1 is 0.714 bits per heavy atom. The van der Waals surface area contributed by atoms with E-state index < -0.39 is 0 Å². The first-order chi connectivity index (χ1) is 13.2. The van der Waals surface area contributed by atoms with Crippen molar-refractivity contribution >= 4 is 6.47 Å². The van der Waals surface area contributed by atoms with Crippen molar-refractivity contribution in [2.75, 3.05) is 0 Å². The largest absolute Gasteiger partial charge is 0.508 e. The van der Waals surface area contributed by atoms with Crippen molar-refractivity contribution < 1.29 is 14.6 Å². The standard InChI is InChI=1S/C25H26O3/c1-24(2,18-8-12-22(27)13-9-18)20-6-5-7-21(16-20)25(3,4)19-10-14-23(15-11-19)28-17-26/h5-17,27H,1-4H3. The summed E-state index contributed by atoms with van der Waals surface area (Å²) in [6, 6.07) is 23.7. The molecule has 0 atom stereocenters. The summed E-state index contributed by atoms with van der Waals surface area (Å²) < 4.78 is 4.90. The molecule has 0 saturated carbocycles. The first-order valence-corrected chi connectivity index (χ1v) is 9.36. The molecular weight excluding hydrogens is 348 g/mol. The number of aromatic hydroxyl groups is 1. The second kappa shape index (κ2) is 7.51. The van der Waals surface area contributed by atoms with Crippen LogP contribution in [0.4, 0.5) is 0 Å². The minimum atomic E-state index is -0.208. The Hall–Kier alpha value is -3.07. The van der Waals surface area contributed by atoms with Crippen LogP contribution in [-0.4, -0.2) is 11.6 Å². The number of phenolic OH excluding ortho intramolecular Hbond substituents is 1. The first kappa shape index (κ1) is 19.7. The highest BCUT2D eigenvalue weighted by Gasteiger charge is 2.27. The molecule has 0 aliphatic carbocycles. The van der Waals surface area contributed by atoms with E-state index in [1.54, 1.807) is 12.1 Å². The van der Waals surface area contributed by atoms with Gasteiger partial charge in [0.05, 0.1) is 0 Å². The number of hydrogen-bond acceptors (Lipinski definition) is 3. The van der Waals surface area contributed by atoms with Crippen LogP contribution in [-0.2, 0) is 15.6 Å². The van der Waals surface area contributed by atoms with Crippen LogP contribution in [0.1, 0.15) is 49.9 Å². The van der Waals surface area contributed by atoms with Crippen molar-refractivity contribution in [3.63, 3.8) is 0 Å². The van der Waals surface area contributed by atoms with Crippen LogP contribution in [0.5, 0.6) is 11.5 Å². The summed E-state index contributed by atoms with van der Waals surface area (Å²) in [5.74, 6) is 0.813. The Labute approximate surface area is 166 Å². The van der Waals surface area contributed by atoms with Crippen LogP contribution in [0.15, 0.2) is 72.8 Å². The van der Waals surface area contributed by atoms with Crippen LogP contribution >= 0.6 is 0 Å². The summed E-state index contributed by atoms with van der Waals surface area (Å²) in [6.07, 6.45) is 0. The lowest BCUT2D eigenvalue weighted by Crippen LogP contribution is -2.22.